The number of unbranched alkanes of at least 4 members (excludes halogenated alkanes) is 2. The summed E-state index contributed by atoms with van der Waals surface area (Å²) in [4.78, 5) is 96.2. The molecule has 2 aliphatic heterocycles. The maximum atomic E-state index is 14.7. The summed E-state index contributed by atoms with van der Waals surface area (Å²) < 4.78 is 12.2. The molecule has 0 radical (unpaired) electrons. The number of benzene rings is 1. The fourth-order valence-electron chi connectivity index (χ4n) is 11.3. The van der Waals surface area contributed by atoms with Gasteiger partial charge in [-0.15, -0.1) is 0 Å². The molecule has 3 aliphatic rings. The monoisotopic (exact) mass is 995 g/mol. The lowest BCUT2D eigenvalue weighted by Crippen LogP contribution is -2.60. The van der Waals surface area contributed by atoms with Crippen LogP contribution in [0.25, 0.3) is 0 Å². The van der Waals surface area contributed by atoms with Crippen molar-refractivity contribution in [2.75, 3.05) is 54.6 Å². The number of methoxy groups -OCH3 is 2. The largest absolute Gasteiger partial charge is 0.379 e. The zero-order chi connectivity index (χ0) is 52.8. The second kappa shape index (κ2) is 27.4. The molecule has 5 amide bonds. The molecule has 1 aliphatic carbocycles. The van der Waals surface area contributed by atoms with Crippen molar-refractivity contribution in [3.05, 3.63) is 35.9 Å². The van der Waals surface area contributed by atoms with E-state index in [0.717, 1.165) is 56.9 Å². The summed E-state index contributed by atoms with van der Waals surface area (Å²) in [7, 11) is 6.83. The van der Waals surface area contributed by atoms with E-state index >= 15 is 0 Å². The molecule has 4 rings (SSSR count). The number of hydroxylamine groups is 2. The summed E-state index contributed by atoms with van der Waals surface area (Å²) in [6.45, 7) is 22.1. The smallest absolute Gasteiger partial charge is 0.272 e. The summed E-state index contributed by atoms with van der Waals surface area (Å²) in [5, 5.41) is 7.74. The van der Waals surface area contributed by atoms with Gasteiger partial charge in [-0.1, -0.05) is 112 Å². The molecule has 0 spiro atoms. The maximum absolute atomic E-state index is 14.7. The lowest BCUT2D eigenvalue weighted by Gasteiger charge is -2.41. The third kappa shape index (κ3) is 14.7. The van der Waals surface area contributed by atoms with Gasteiger partial charge in [-0.05, 0) is 94.7 Å². The van der Waals surface area contributed by atoms with Crippen LogP contribution in [0.2, 0.25) is 0 Å². The van der Waals surface area contributed by atoms with Crippen LogP contribution < -0.4 is 10.6 Å². The van der Waals surface area contributed by atoms with Gasteiger partial charge in [0.2, 0.25) is 23.6 Å². The standard InChI is InChI=1S/C56H94N6O9/c1-15-39(8)49(60(12)53(67)47(37(4)5)57-52(66)48(38(6)7)59(11)31-23-19-22-30-45(63)55(10,16-2)17-3)44(69-13)35-46(64)61-32-26-29-43(61)50(70-14)40(9)51(65)58-56(54(68)62-33-24-25-34-71-62)36-42(56)41-27-20-18-21-28-41/h18,20-21,27-28,37-40,42-44,47-50H,15-17,19,22-26,29-36H2,1-14H3,(H,57,66)(H,58,65). The highest BCUT2D eigenvalue weighted by Gasteiger charge is 2.64. The van der Waals surface area contributed by atoms with E-state index < -0.39 is 47.8 Å². The molecule has 2 heterocycles. The molecule has 15 nitrogen and oxygen atoms in total. The van der Waals surface area contributed by atoms with Crippen LogP contribution >= 0.6 is 0 Å². The number of nitrogens with zero attached hydrogens (tertiary/aromatic N) is 4. The molecule has 402 valence electrons. The Morgan fingerprint density at radius 3 is 2.10 bits per heavy atom. The van der Waals surface area contributed by atoms with Crippen LogP contribution in [-0.4, -0.2) is 152 Å². The Morgan fingerprint density at radius 2 is 1.54 bits per heavy atom. The topological polar surface area (TPSA) is 167 Å². The second-order valence-corrected chi connectivity index (χ2v) is 22.1. The minimum Gasteiger partial charge on any atom is -0.379 e. The number of carbonyl (C=O) groups is 6. The molecular formula is C56H94N6O9. The summed E-state index contributed by atoms with van der Waals surface area (Å²) >= 11 is 0. The van der Waals surface area contributed by atoms with Gasteiger partial charge >= 0.3 is 0 Å². The third-order valence-electron chi connectivity index (χ3n) is 16.6. The SMILES string of the molecule is CCC(C)C(C(CC(=O)N1CCCC1C(OC)C(C)C(=O)NC1(C(=O)N2CCCCO2)CC1c1ccccc1)OC)N(C)C(=O)C(NC(=O)C(C(C)C)N(C)CCCCCC(=O)C(C)(CC)CC)C(C)C. The fourth-order valence-corrected chi connectivity index (χ4v) is 11.3. The van der Waals surface area contributed by atoms with Crippen molar-refractivity contribution in [1.29, 1.82) is 0 Å². The van der Waals surface area contributed by atoms with E-state index in [1.807, 2.05) is 72.0 Å². The first-order chi connectivity index (χ1) is 33.7. The zero-order valence-electron chi connectivity index (χ0n) is 46.2. The van der Waals surface area contributed by atoms with Crippen LogP contribution in [0.4, 0.5) is 0 Å². The predicted molar refractivity (Wildman–Crippen MR) is 278 cm³/mol. The number of likely N-dealkylation sites (N-methyl/N-ethyl adjacent to an activating group) is 2. The van der Waals surface area contributed by atoms with Crippen molar-refractivity contribution in [1.82, 2.24) is 30.4 Å². The molecule has 0 bridgehead atoms. The van der Waals surface area contributed by atoms with Gasteiger partial charge in [0, 0.05) is 52.1 Å². The molecule has 1 aromatic rings. The molecule has 1 saturated carbocycles. The number of carbonyl (C=O) groups excluding carboxylic acids is 6. The Kier molecular flexibility index (Phi) is 23.0. The molecule has 1 aromatic carbocycles. The predicted octanol–water partition coefficient (Wildman–Crippen LogP) is 7.56. The molecule has 0 aromatic heterocycles. The van der Waals surface area contributed by atoms with Crippen LogP contribution in [0, 0.1) is 29.1 Å². The van der Waals surface area contributed by atoms with Crippen molar-refractivity contribution in [2.45, 2.75) is 201 Å². The average Bonchev–Trinajstić information content (AvgIpc) is 3.89. The van der Waals surface area contributed by atoms with E-state index in [2.05, 4.69) is 43.2 Å². The first-order valence-electron chi connectivity index (χ1n) is 27.2. The number of hydrogen-bond donors (Lipinski definition) is 2. The highest BCUT2D eigenvalue weighted by Crippen LogP contribution is 2.53. The van der Waals surface area contributed by atoms with Gasteiger partial charge in [0.1, 0.15) is 17.4 Å². The van der Waals surface area contributed by atoms with Crippen molar-refractivity contribution in [3.8, 4) is 0 Å². The van der Waals surface area contributed by atoms with Crippen molar-refractivity contribution >= 4 is 35.3 Å². The number of hydrogen-bond acceptors (Lipinski definition) is 10. The van der Waals surface area contributed by atoms with Gasteiger partial charge in [0.05, 0.1) is 49.3 Å². The molecule has 2 saturated heterocycles. The third-order valence-corrected chi connectivity index (χ3v) is 16.6. The average molecular weight is 995 g/mol. The van der Waals surface area contributed by atoms with Crippen LogP contribution in [0.5, 0.6) is 0 Å². The van der Waals surface area contributed by atoms with Crippen molar-refractivity contribution in [3.63, 3.8) is 0 Å². The van der Waals surface area contributed by atoms with Crippen molar-refractivity contribution in [2.24, 2.45) is 29.1 Å². The number of amides is 5. The number of Topliss-reactive ketones (excluding diaryl/α,β-unsaturated/α-hetero) is 1. The maximum Gasteiger partial charge on any atom is 0.272 e. The van der Waals surface area contributed by atoms with E-state index in [0.29, 0.717) is 57.7 Å². The highest BCUT2D eigenvalue weighted by molar-refractivity contribution is 5.96. The van der Waals surface area contributed by atoms with Gasteiger partial charge in [-0.25, -0.2) is 5.06 Å². The zero-order valence-corrected chi connectivity index (χ0v) is 46.2. The van der Waals surface area contributed by atoms with Crippen LogP contribution in [0.3, 0.4) is 0 Å². The summed E-state index contributed by atoms with van der Waals surface area (Å²) in [6, 6.07) is 7.56. The number of likely N-dealkylation sites (tertiary alicyclic amines) is 1. The Morgan fingerprint density at radius 1 is 0.859 bits per heavy atom. The Labute approximate surface area is 427 Å². The summed E-state index contributed by atoms with van der Waals surface area (Å²) in [6.07, 6.45) is 7.70. The van der Waals surface area contributed by atoms with E-state index in [1.54, 1.807) is 38.0 Å². The Bertz CT molecular complexity index is 1890. The Balaban J connectivity index is 1.45. The molecule has 15 heteroatoms. The quantitative estimate of drug-likeness (QED) is 0.0766. The number of rotatable bonds is 29. The van der Waals surface area contributed by atoms with E-state index in [-0.39, 0.29) is 65.0 Å². The molecule has 10 atom stereocenters. The number of ether oxygens (including phenoxy) is 2. The van der Waals surface area contributed by atoms with Gasteiger partial charge < -0.3 is 29.9 Å². The van der Waals surface area contributed by atoms with Gasteiger partial charge in [-0.2, -0.15) is 0 Å². The Hall–Kier alpha value is -3.92. The van der Waals surface area contributed by atoms with Crippen molar-refractivity contribution < 1.29 is 43.1 Å². The van der Waals surface area contributed by atoms with Crippen LogP contribution in [0.15, 0.2) is 30.3 Å². The van der Waals surface area contributed by atoms with Crippen LogP contribution in [-0.2, 0) is 43.1 Å². The highest BCUT2D eigenvalue weighted by atomic mass is 16.7. The van der Waals surface area contributed by atoms with E-state index in [4.69, 9.17) is 14.3 Å². The van der Waals surface area contributed by atoms with Gasteiger partial charge in [0.25, 0.3) is 5.91 Å². The minimum absolute atomic E-state index is 0.00749. The molecule has 2 N–H and O–H groups in total. The normalized spacial score (nSPS) is 22.4. The number of ketones is 1. The first-order valence-corrected chi connectivity index (χ1v) is 27.2. The van der Waals surface area contributed by atoms with Crippen LogP contribution in [0.1, 0.15) is 164 Å². The van der Waals surface area contributed by atoms with Gasteiger partial charge in [0.15, 0.2) is 0 Å². The summed E-state index contributed by atoms with van der Waals surface area (Å²) in [5.41, 5.74) is -0.435. The van der Waals surface area contributed by atoms with E-state index in [1.165, 1.54) is 5.06 Å². The first kappa shape index (κ1) is 59.6. The molecular weight excluding hydrogens is 901 g/mol. The molecule has 3 fully saturated rings. The lowest BCUT2D eigenvalue weighted by atomic mass is 9.78. The number of nitrogens with one attached hydrogen (secondary N) is 2. The van der Waals surface area contributed by atoms with E-state index in [9.17, 15) is 28.8 Å². The molecule has 10 unspecified atom stereocenters. The lowest BCUT2D eigenvalue weighted by molar-refractivity contribution is -0.200. The minimum atomic E-state index is -1.15. The second-order valence-electron chi connectivity index (χ2n) is 22.1. The van der Waals surface area contributed by atoms with Gasteiger partial charge in [-0.3, -0.25) is 38.5 Å². The molecule has 71 heavy (non-hydrogen) atoms. The summed E-state index contributed by atoms with van der Waals surface area (Å²) in [5.74, 6) is -2.09. The fraction of sp³-hybridized carbons (Fsp3) is 0.786.